The Kier molecular flexibility index (Phi) is 4.60. The second-order valence-electron chi connectivity index (χ2n) is 3.95. The number of alkyl halides is 3. The van der Waals surface area contributed by atoms with E-state index >= 15 is 0 Å². The van der Waals surface area contributed by atoms with Gasteiger partial charge in [-0.05, 0) is 11.8 Å². The highest BCUT2D eigenvalue weighted by molar-refractivity contribution is 7.87. The largest absolute Gasteiger partial charge is 0.523 e. The molecule has 0 aliphatic carbocycles. The summed E-state index contributed by atoms with van der Waals surface area (Å²) >= 11 is 0. The molecule has 0 aliphatic heterocycles. The first-order valence-corrected chi connectivity index (χ1v) is 5.89. The molecule has 0 amide bonds. The van der Waals surface area contributed by atoms with Gasteiger partial charge in [0.05, 0.1) is 6.10 Å². The first-order valence-electron chi connectivity index (χ1n) is 4.48. The van der Waals surface area contributed by atoms with E-state index in [0.717, 1.165) is 0 Å². The summed E-state index contributed by atoms with van der Waals surface area (Å²) in [5.41, 5.74) is -5.35. The Morgan fingerprint density at radius 3 is 1.53 bits per heavy atom. The van der Waals surface area contributed by atoms with E-state index in [9.17, 15) is 21.6 Å². The van der Waals surface area contributed by atoms with E-state index in [-0.39, 0.29) is 11.8 Å². The molecule has 0 aromatic carbocycles. The lowest BCUT2D eigenvalue weighted by atomic mass is 9.97. The summed E-state index contributed by atoms with van der Waals surface area (Å²) in [6.45, 7) is 6.43. The van der Waals surface area contributed by atoms with Gasteiger partial charge in [0.25, 0.3) is 0 Å². The maximum Gasteiger partial charge on any atom is 0.523 e. The second-order valence-corrected chi connectivity index (χ2v) is 5.51. The van der Waals surface area contributed by atoms with Crippen molar-refractivity contribution in [3.8, 4) is 0 Å². The highest BCUT2D eigenvalue weighted by Gasteiger charge is 2.49. The maximum atomic E-state index is 12.0. The van der Waals surface area contributed by atoms with Crippen LogP contribution in [0, 0.1) is 11.8 Å². The Hall–Kier alpha value is -0.300. The van der Waals surface area contributed by atoms with Gasteiger partial charge in [-0.1, -0.05) is 27.7 Å². The lowest BCUT2D eigenvalue weighted by molar-refractivity contribution is -0.0610. The summed E-state index contributed by atoms with van der Waals surface area (Å²) in [5.74, 6) is -0.607. The highest BCUT2D eigenvalue weighted by Crippen LogP contribution is 2.29. The van der Waals surface area contributed by atoms with Crippen LogP contribution < -0.4 is 0 Å². The van der Waals surface area contributed by atoms with Gasteiger partial charge in [0.2, 0.25) is 0 Å². The molecule has 15 heavy (non-hydrogen) atoms. The first-order chi connectivity index (χ1) is 6.49. The zero-order valence-corrected chi connectivity index (χ0v) is 9.82. The van der Waals surface area contributed by atoms with Crippen LogP contribution in [0.4, 0.5) is 13.2 Å². The van der Waals surface area contributed by atoms with Crippen LogP contribution in [0.15, 0.2) is 0 Å². The molecule has 0 atom stereocenters. The summed E-state index contributed by atoms with van der Waals surface area (Å²) in [7, 11) is -5.49. The molecule has 0 spiro atoms. The number of halogens is 3. The van der Waals surface area contributed by atoms with Crippen LogP contribution in [-0.4, -0.2) is 20.0 Å². The number of hydrogen-bond acceptors (Lipinski definition) is 3. The quantitative estimate of drug-likeness (QED) is 0.567. The Balaban J connectivity index is 4.85. The summed E-state index contributed by atoms with van der Waals surface area (Å²) < 4.78 is 61.6. The fraction of sp³-hybridized carbons (Fsp3) is 1.00. The number of hydrogen-bond donors (Lipinski definition) is 0. The van der Waals surface area contributed by atoms with E-state index in [1.54, 1.807) is 27.7 Å². The molecule has 0 radical (unpaired) electrons. The molecular weight excluding hydrogens is 233 g/mol. The lowest BCUT2D eigenvalue weighted by Crippen LogP contribution is -2.35. The molecular formula is C8H15F3O3S. The predicted molar refractivity (Wildman–Crippen MR) is 49.5 cm³/mol. The van der Waals surface area contributed by atoms with Crippen LogP contribution in [0.5, 0.6) is 0 Å². The number of rotatable bonds is 4. The van der Waals surface area contributed by atoms with E-state index in [4.69, 9.17) is 0 Å². The standard InChI is InChI=1S/C8H15F3O3S/c1-5(2)7(6(3)4)14-15(12,13)8(9,10)11/h5-7H,1-4H3. The monoisotopic (exact) mass is 248 g/mol. The van der Waals surface area contributed by atoms with Crippen molar-refractivity contribution in [3.63, 3.8) is 0 Å². The normalized spacial score (nSPS) is 14.3. The predicted octanol–water partition coefficient (Wildman–Crippen LogP) is 2.53. The Labute approximate surface area is 87.7 Å². The minimum atomic E-state index is -5.49. The van der Waals surface area contributed by atoms with Gasteiger partial charge in [-0.2, -0.15) is 21.6 Å². The summed E-state index contributed by atoms with van der Waals surface area (Å²) in [5, 5.41) is 0. The van der Waals surface area contributed by atoms with Crippen molar-refractivity contribution in [2.45, 2.75) is 39.3 Å². The summed E-state index contributed by atoms with van der Waals surface area (Å²) in [6.07, 6.45) is -0.961. The van der Waals surface area contributed by atoms with Crippen LogP contribution in [0.25, 0.3) is 0 Å². The molecule has 3 nitrogen and oxygen atoms in total. The minimum Gasteiger partial charge on any atom is -0.259 e. The second kappa shape index (κ2) is 4.69. The van der Waals surface area contributed by atoms with E-state index in [2.05, 4.69) is 4.18 Å². The molecule has 0 saturated carbocycles. The molecule has 0 N–H and O–H groups in total. The van der Waals surface area contributed by atoms with Gasteiger partial charge in [-0.25, -0.2) is 0 Å². The highest BCUT2D eigenvalue weighted by atomic mass is 32.2. The van der Waals surface area contributed by atoms with Gasteiger partial charge in [0.1, 0.15) is 0 Å². The average Bonchev–Trinajstić information content (AvgIpc) is 1.96. The first kappa shape index (κ1) is 14.7. The van der Waals surface area contributed by atoms with E-state index in [1.807, 2.05) is 0 Å². The zero-order valence-electron chi connectivity index (χ0n) is 9.00. The molecule has 0 fully saturated rings. The van der Waals surface area contributed by atoms with Gasteiger partial charge >= 0.3 is 15.6 Å². The van der Waals surface area contributed by atoms with Crippen LogP contribution in [0.3, 0.4) is 0 Å². The molecule has 0 heterocycles. The average molecular weight is 248 g/mol. The SMILES string of the molecule is CC(C)C(OS(=O)(=O)C(F)(F)F)C(C)C. The smallest absolute Gasteiger partial charge is 0.259 e. The Morgan fingerprint density at radius 1 is 1.00 bits per heavy atom. The fourth-order valence-corrected chi connectivity index (χ4v) is 2.04. The molecule has 7 heteroatoms. The molecule has 92 valence electrons. The van der Waals surface area contributed by atoms with E-state index in [1.165, 1.54) is 0 Å². The van der Waals surface area contributed by atoms with Crippen molar-refractivity contribution >= 4 is 10.1 Å². The van der Waals surface area contributed by atoms with Gasteiger partial charge in [0.15, 0.2) is 0 Å². The molecule has 0 aromatic heterocycles. The van der Waals surface area contributed by atoms with Crippen molar-refractivity contribution in [2.24, 2.45) is 11.8 Å². The van der Waals surface area contributed by atoms with E-state index in [0.29, 0.717) is 0 Å². The molecule has 0 bridgehead atoms. The van der Waals surface area contributed by atoms with Gasteiger partial charge in [0, 0.05) is 0 Å². The van der Waals surface area contributed by atoms with Crippen LogP contribution in [0.2, 0.25) is 0 Å². The van der Waals surface area contributed by atoms with Crippen molar-refractivity contribution in [2.75, 3.05) is 0 Å². The van der Waals surface area contributed by atoms with Crippen molar-refractivity contribution in [1.82, 2.24) is 0 Å². The van der Waals surface area contributed by atoms with E-state index < -0.39 is 21.7 Å². The third-order valence-corrected chi connectivity index (χ3v) is 2.88. The fourth-order valence-electron chi connectivity index (χ4n) is 1.19. The minimum absolute atomic E-state index is 0.304. The zero-order chi connectivity index (χ0) is 12.4. The van der Waals surface area contributed by atoms with Gasteiger partial charge < -0.3 is 0 Å². The molecule has 0 saturated heterocycles. The summed E-state index contributed by atoms with van der Waals surface area (Å²) in [4.78, 5) is 0. The topological polar surface area (TPSA) is 43.4 Å². The molecule has 0 rings (SSSR count). The van der Waals surface area contributed by atoms with Crippen LogP contribution in [-0.2, 0) is 14.3 Å². The van der Waals surface area contributed by atoms with Crippen molar-refractivity contribution in [1.29, 1.82) is 0 Å². The molecule has 0 aromatic rings. The Morgan fingerprint density at radius 2 is 1.33 bits per heavy atom. The lowest BCUT2D eigenvalue weighted by Gasteiger charge is -2.24. The maximum absolute atomic E-state index is 12.0. The molecule has 0 unspecified atom stereocenters. The molecule has 0 aliphatic rings. The van der Waals surface area contributed by atoms with Crippen LogP contribution >= 0.6 is 0 Å². The van der Waals surface area contributed by atoms with Crippen LogP contribution in [0.1, 0.15) is 27.7 Å². The Bertz CT molecular complexity index is 285. The van der Waals surface area contributed by atoms with Gasteiger partial charge in [-0.15, -0.1) is 0 Å². The van der Waals surface area contributed by atoms with Gasteiger partial charge in [-0.3, -0.25) is 4.18 Å². The van der Waals surface area contributed by atoms with Crippen molar-refractivity contribution in [3.05, 3.63) is 0 Å². The third-order valence-electron chi connectivity index (χ3n) is 1.84. The summed E-state index contributed by atoms with van der Waals surface area (Å²) in [6, 6.07) is 0. The van der Waals surface area contributed by atoms with Crippen molar-refractivity contribution < 1.29 is 25.8 Å². The third kappa shape index (κ3) is 3.98.